The Balaban J connectivity index is 2.02. The van der Waals surface area contributed by atoms with E-state index in [1.165, 1.54) is 12.1 Å². The zero-order chi connectivity index (χ0) is 13.2. The van der Waals surface area contributed by atoms with Crippen LogP contribution in [0.1, 0.15) is 0 Å². The van der Waals surface area contributed by atoms with E-state index in [4.69, 9.17) is 4.52 Å². The van der Waals surface area contributed by atoms with Gasteiger partial charge in [-0.3, -0.25) is 4.98 Å². The molecule has 3 rings (SSSR count). The van der Waals surface area contributed by atoms with E-state index >= 15 is 0 Å². The summed E-state index contributed by atoms with van der Waals surface area (Å²) in [7, 11) is 0. The van der Waals surface area contributed by atoms with Crippen LogP contribution >= 0.6 is 0 Å². The number of phenolic OH excluding ortho intramolecular Hbond substituents is 1. The molecule has 2 heterocycles. The maximum atomic E-state index is 12.9. The van der Waals surface area contributed by atoms with E-state index in [0.29, 0.717) is 5.82 Å². The van der Waals surface area contributed by atoms with E-state index in [-0.39, 0.29) is 17.2 Å². The molecule has 1 N–H and O–H groups in total. The number of halogens is 1. The monoisotopic (exact) mass is 257 g/mol. The number of pyridine rings is 1. The molecule has 0 radical (unpaired) electrons. The minimum Gasteiger partial charge on any atom is -0.507 e. The van der Waals surface area contributed by atoms with Gasteiger partial charge in [0.15, 0.2) is 0 Å². The van der Waals surface area contributed by atoms with Crippen LogP contribution in [0.25, 0.3) is 22.8 Å². The number of hydrogen-bond donors (Lipinski definition) is 1. The smallest absolute Gasteiger partial charge is 0.262 e. The number of rotatable bonds is 2. The third kappa shape index (κ3) is 2.15. The molecule has 0 saturated carbocycles. The maximum Gasteiger partial charge on any atom is 0.262 e. The third-order valence-electron chi connectivity index (χ3n) is 2.55. The molecule has 0 amide bonds. The summed E-state index contributed by atoms with van der Waals surface area (Å²) in [6.45, 7) is 0. The van der Waals surface area contributed by atoms with Gasteiger partial charge in [-0.1, -0.05) is 5.16 Å². The van der Waals surface area contributed by atoms with Gasteiger partial charge in [-0.15, -0.1) is 0 Å². The molecule has 2 aromatic heterocycles. The van der Waals surface area contributed by atoms with E-state index in [1.807, 2.05) is 0 Å². The van der Waals surface area contributed by atoms with Crippen molar-refractivity contribution in [1.29, 1.82) is 0 Å². The highest BCUT2D eigenvalue weighted by Crippen LogP contribution is 2.29. The Morgan fingerprint density at radius 3 is 2.63 bits per heavy atom. The number of benzene rings is 1. The highest BCUT2D eigenvalue weighted by atomic mass is 19.1. The standard InChI is InChI=1S/C13H8FN3O2/c14-9-1-2-10(11(18)7-9)13-16-12(17-19-13)8-3-5-15-6-4-8/h1-7,18H. The topological polar surface area (TPSA) is 72.0 Å². The Kier molecular flexibility index (Phi) is 2.68. The Hall–Kier alpha value is -2.76. The van der Waals surface area contributed by atoms with Crippen LogP contribution in [-0.2, 0) is 0 Å². The number of aromatic hydroxyl groups is 1. The Bertz CT molecular complexity index is 713. The first-order valence-corrected chi connectivity index (χ1v) is 5.47. The number of aromatic nitrogens is 3. The molecule has 0 aliphatic rings. The van der Waals surface area contributed by atoms with Gasteiger partial charge in [-0.05, 0) is 24.3 Å². The number of hydrogen-bond acceptors (Lipinski definition) is 5. The second kappa shape index (κ2) is 4.49. The van der Waals surface area contributed by atoms with Gasteiger partial charge in [-0.25, -0.2) is 4.39 Å². The van der Waals surface area contributed by atoms with E-state index in [2.05, 4.69) is 15.1 Å². The summed E-state index contributed by atoms with van der Waals surface area (Å²) in [6.07, 6.45) is 3.22. The second-order valence-corrected chi connectivity index (χ2v) is 3.82. The lowest BCUT2D eigenvalue weighted by Crippen LogP contribution is -1.83. The van der Waals surface area contributed by atoms with Crippen LogP contribution in [0.3, 0.4) is 0 Å². The molecule has 0 spiro atoms. The second-order valence-electron chi connectivity index (χ2n) is 3.82. The fourth-order valence-corrected chi connectivity index (χ4v) is 1.64. The molecular formula is C13H8FN3O2. The molecule has 0 aliphatic heterocycles. The summed E-state index contributed by atoms with van der Waals surface area (Å²) >= 11 is 0. The van der Waals surface area contributed by atoms with Gasteiger partial charge in [0.25, 0.3) is 5.89 Å². The number of nitrogens with zero attached hydrogens (tertiary/aromatic N) is 3. The molecule has 1 aromatic carbocycles. The molecule has 94 valence electrons. The van der Waals surface area contributed by atoms with Gasteiger partial charge >= 0.3 is 0 Å². The summed E-state index contributed by atoms with van der Waals surface area (Å²) in [6, 6.07) is 7.06. The summed E-state index contributed by atoms with van der Waals surface area (Å²) in [5, 5.41) is 13.5. The molecule has 5 nitrogen and oxygen atoms in total. The molecule has 0 bridgehead atoms. The highest BCUT2D eigenvalue weighted by Gasteiger charge is 2.14. The maximum absolute atomic E-state index is 12.9. The lowest BCUT2D eigenvalue weighted by molar-refractivity contribution is 0.425. The first kappa shape index (κ1) is 11.3. The molecule has 19 heavy (non-hydrogen) atoms. The average Bonchev–Trinajstić information content (AvgIpc) is 2.89. The predicted octanol–water partition coefficient (Wildman–Crippen LogP) is 2.64. The molecule has 0 aliphatic carbocycles. The molecule has 6 heteroatoms. The first-order valence-electron chi connectivity index (χ1n) is 5.47. The first-order chi connectivity index (χ1) is 9.24. The van der Waals surface area contributed by atoms with E-state index in [1.54, 1.807) is 24.5 Å². The number of phenols is 1. The van der Waals surface area contributed by atoms with Crippen molar-refractivity contribution in [2.24, 2.45) is 0 Å². The van der Waals surface area contributed by atoms with Crippen molar-refractivity contribution >= 4 is 0 Å². The van der Waals surface area contributed by atoms with Crippen molar-refractivity contribution < 1.29 is 14.0 Å². The zero-order valence-electron chi connectivity index (χ0n) is 9.62. The van der Waals surface area contributed by atoms with Crippen LogP contribution in [0.4, 0.5) is 4.39 Å². The summed E-state index contributed by atoms with van der Waals surface area (Å²) in [5.41, 5.74) is 1.03. The fraction of sp³-hybridized carbons (Fsp3) is 0. The summed E-state index contributed by atoms with van der Waals surface area (Å²) < 4.78 is 18.0. The minimum atomic E-state index is -0.532. The largest absolute Gasteiger partial charge is 0.507 e. The van der Waals surface area contributed by atoms with Crippen LogP contribution in [-0.4, -0.2) is 20.2 Å². The molecule has 0 atom stereocenters. The van der Waals surface area contributed by atoms with Crippen molar-refractivity contribution in [3.05, 3.63) is 48.5 Å². The van der Waals surface area contributed by atoms with Gasteiger partial charge < -0.3 is 9.63 Å². The molecule has 0 unspecified atom stereocenters. The van der Waals surface area contributed by atoms with Gasteiger partial charge in [0, 0.05) is 24.0 Å². The van der Waals surface area contributed by atoms with Crippen molar-refractivity contribution in [3.63, 3.8) is 0 Å². The van der Waals surface area contributed by atoms with Crippen molar-refractivity contribution in [3.8, 4) is 28.6 Å². The summed E-state index contributed by atoms with van der Waals surface area (Å²) in [4.78, 5) is 8.05. The van der Waals surface area contributed by atoms with Crippen molar-refractivity contribution in [1.82, 2.24) is 15.1 Å². The van der Waals surface area contributed by atoms with Crippen LogP contribution in [0.2, 0.25) is 0 Å². The van der Waals surface area contributed by atoms with E-state index in [9.17, 15) is 9.50 Å². The Morgan fingerprint density at radius 1 is 1.11 bits per heavy atom. The minimum absolute atomic E-state index is 0.129. The lowest BCUT2D eigenvalue weighted by atomic mass is 10.2. The van der Waals surface area contributed by atoms with Gasteiger partial charge in [-0.2, -0.15) is 4.98 Å². The van der Waals surface area contributed by atoms with E-state index in [0.717, 1.165) is 11.6 Å². The average molecular weight is 257 g/mol. The Morgan fingerprint density at radius 2 is 1.89 bits per heavy atom. The van der Waals surface area contributed by atoms with Crippen molar-refractivity contribution in [2.45, 2.75) is 0 Å². The van der Waals surface area contributed by atoms with Crippen LogP contribution in [0.15, 0.2) is 47.2 Å². The third-order valence-corrected chi connectivity index (χ3v) is 2.55. The van der Waals surface area contributed by atoms with Crippen LogP contribution < -0.4 is 0 Å². The van der Waals surface area contributed by atoms with Crippen LogP contribution in [0, 0.1) is 5.82 Å². The van der Waals surface area contributed by atoms with Gasteiger partial charge in [0.1, 0.15) is 11.6 Å². The molecule has 0 saturated heterocycles. The van der Waals surface area contributed by atoms with Gasteiger partial charge in [0.05, 0.1) is 5.56 Å². The Labute approximate surface area is 107 Å². The quantitative estimate of drug-likeness (QED) is 0.764. The van der Waals surface area contributed by atoms with Crippen molar-refractivity contribution in [2.75, 3.05) is 0 Å². The zero-order valence-corrected chi connectivity index (χ0v) is 9.62. The molecule has 0 fully saturated rings. The highest BCUT2D eigenvalue weighted by molar-refractivity contribution is 5.64. The lowest BCUT2D eigenvalue weighted by Gasteiger charge is -1.98. The van der Waals surface area contributed by atoms with Gasteiger partial charge in [0.2, 0.25) is 5.82 Å². The van der Waals surface area contributed by atoms with E-state index < -0.39 is 5.82 Å². The fourth-order valence-electron chi connectivity index (χ4n) is 1.64. The molecular weight excluding hydrogens is 249 g/mol. The predicted molar refractivity (Wildman–Crippen MR) is 64.6 cm³/mol. The normalized spacial score (nSPS) is 10.6. The summed E-state index contributed by atoms with van der Waals surface area (Å²) in [5.74, 6) is -0.273. The molecule has 3 aromatic rings. The SMILES string of the molecule is Oc1cc(F)ccc1-c1nc(-c2ccncc2)no1. The van der Waals surface area contributed by atoms with Crippen LogP contribution in [0.5, 0.6) is 5.75 Å².